The molecule has 1 aromatic carbocycles. The van der Waals surface area contributed by atoms with Crippen LogP contribution in [0.3, 0.4) is 0 Å². The summed E-state index contributed by atoms with van der Waals surface area (Å²) in [6, 6.07) is 8.72. The fraction of sp³-hybridized carbons (Fsp3) is 0.667. The molecule has 0 N–H and O–H groups in total. The van der Waals surface area contributed by atoms with Gasteiger partial charge in [-0.3, -0.25) is 0 Å². The molecule has 3 saturated carbocycles. The Kier molecular flexibility index (Phi) is 3.91. The molecule has 0 spiro atoms. The lowest BCUT2D eigenvalue weighted by Gasteiger charge is -2.46. The van der Waals surface area contributed by atoms with E-state index in [9.17, 15) is 0 Å². The van der Waals surface area contributed by atoms with Crippen molar-refractivity contribution in [1.29, 1.82) is 0 Å². The summed E-state index contributed by atoms with van der Waals surface area (Å²) >= 11 is 0. The highest BCUT2D eigenvalue weighted by Crippen LogP contribution is 2.46. The Balaban J connectivity index is 1.69. The molecule has 0 aliphatic heterocycles. The first-order valence-electron chi connectivity index (χ1n) is 8.29. The van der Waals surface area contributed by atoms with Gasteiger partial charge in [0.05, 0.1) is 0 Å². The van der Waals surface area contributed by atoms with E-state index >= 15 is 0 Å². The molecule has 3 aliphatic rings. The van der Waals surface area contributed by atoms with Crippen molar-refractivity contribution in [2.45, 2.75) is 58.0 Å². The quantitative estimate of drug-likeness (QED) is 0.775. The molecule has 2 bridgehead atoms. The summed E-state index contributed by atoms with van der Waals surface area (Å²) in [5.74, 6) is 2.05. The van der Waals surface area contributed by atoms with Gasteiger partial charge in [-0.1, -0.05) is 0 Å². The van der Waals surface area contributed by atoms with Crippen LogP contribution in [0.15, 0.2) is 24.3 Å². The third-order valence-electron chi connectivity index (χ3n) is 5.32. The number of benzene rings is 1. The van der Waals surface area contributed by atoms with Crippen LogP contribution < -0.4 is 9.64 Å². The molecule has 20 heavy (non-hydrogen) atoms. The van der Waals surface area contributed by atoms with E-state index in [1.54, 1.807) is 0 Å². The molecule has 3 fully saturated rings. The fourth-order valence-corrected chi connectivity index (χ4v) is 3.93. The fourth-order valence-electron chi connectivity index (χ4n) is 3.93. The zero-order valence-electron chi connectivity index (χ0n) is 12.9. The molecule has 0 unspecified atom stereocenters. The van der Waals surface area contributed by atoms with Crippen molar-refractivity contribution in [3.05, 3.63) is 24.3 Å². The highest BCUT2D eigenvalue weighted by molar-refractivity contribution is 5.48. The minimum atomic E-state index is 0.158. The third kappa shape index (κ3) is 2.65. The molecular weight excluding hydrogens is 246 g/mol. The van der Waals surface area contributed by atoms with Crippen molar-refractivity contribution in [2.75, 3.05) is 18.0 Å². The van der Waals surface area contributed by atoms with Crippen LogP contribution in [0.4, 0.5) is 5.69 Å². The van der Waals surface area contributed by atoms with Crippen LogP contribution in [0.5, 0.6) is 5.75 Å². The van der Waals surface area contributed by atoms with Crippen molar-refractivity contribution in [1.82, 2.24) is 0 Å². The summed E-state index contributed by atoms with van der Waals surface area (Å²) in [5, 5.41) is 0. The van der Waals surface area contributed by atoms with E-state index in [1.165, 1.54) is 44.2 Å². The van der Waals surface area contributed by atoms with Crippen LogP contribution in [0.2, 0.25) is 0 Å². The maximum atomic E-state index is 6.41. The van der Waals surface area contributed by atoms with Gasteiger partial charge >= 0.3 is 0 Å². The van der Waals surface area contributed by atoms with Gasteiger partial charge in [-0.2, -0.15) is 0 Å². The van der Waals surface area contributed by atoms with Gasteiger partial charge in [0.1, 0.15) is 11.4 Å². The van der Waals surface area contributed by atoms with E-state index < -0.39 is 0 Å². The average Bonchev–Trinajstić information content (AvgIpc) is 2.52. The lowest BCUT2D eigenvalue weighted by Crippen LogP contribution is -2.44. The van der Waals surface area contributed by atoms with Gasteiger partial charge in [-0.25, -0.2) is 0 Å². The van der Waals surface area contributed by atoms with E-state index in [4.69, 9.17) is 4.74 Å². The second-order valence-electron chi connectivity index (χ2n) is 6.43. The SMILES string of the molecule is CCN(CC)c1ccc(OC23CCC(CC2)CC3)cc1. The van der Waals surface area contributed by atoms with Gasteiger partial charge in [-0.15, -0.1) is 0 Å². The number of ether oxygens (including phenoxy) is 1. The Labute approximate surface area is 123 Å². The van der Waals surface area contributed by atoms with Gasteiger partial charge in [0.25, 0.3) is 0 Å². The summed E-state index contributed by atoms with van der Waals surface area (Å²) in [6.07, 6.45) is 7.90. The zero-order chi connectivity index (χ0) is 14.0. The average molecular weight is 273 g/mol. The third-order valence-corrected chi connectivity index (χ3v) is 5.32. The first-order chi connectivity index (χ1) is 9.74. The molecule has 110 valence electrons. The number of nitrogens with zero attached hydrogens (tertiary/aromatic N) is 1. The van der Waals surface area contributed by atoms with Gasteiger partial charge in [0, 0.05) is 18.8 Å². The topological polar surface area (TPSA) is 12.5 Å². The zero-order valence-corrected chi connectivity index (χ0v) is 12.9. The van der Waals surface area contributed by atoms with Crippen LogP contribution in [0.1, 0.15) is 52.4 Å². The standard InChI is InChI=1S/C18H27NO/c1-3-19(4-2)16-5-7-17(8-6-16)20-18-12-9-15(10-13-18)11-14-18/h5-8,15H,3-4,9-14H2,1-2H3. The van der Waals surface area contributed by atoms with Crippen molar-refractivity contribution in [3.63, 3.8) is 0 Å². The van der Waals surface area contributed by atoms with Crippen molar-refractivity contribution in [3.8, 4) is 5.75 Å². The van der Waals surface area contributed by atoms with Crippen LogP contribution >= 0.6 is 0 Å². The summed E-state index contributed by atoms with van der Waals surface area (Å²) in [7, 11) is 0. The molecule has 0 saturated heterocycles. The highest BCUT2D eigenvalue weighted by Gasteiger charge is 2.42. The molecule has 0 heterocycles. The molecule has 1 aromatic rings. The minimum Gasteiger partial charge on any atom is -0.487 e. The molecule has 3 aliphatic carbocycles. The Morgan fingerprint density at radius 1 is 1.00 bits per heavy atom. The van der Waals surface area contributed by atoms with Crippen molar-refractivity contribution >= 4 is 5.69 Å². The highest BCUT2D eigenvalue weighted by atomic mass is 16.5. The normalized spacial score (nSPS) is 28.4. The molecule has 0 amide bonds. The molecule has 2 nitrogen and oxygen atoms in total. The minimum absolute atomic E-state index is 0.158. The maximum Gasteiger partial charge on any atom is 0.120 e. The lowest BCUT2D eigenvalue weighted by atomic mass is 9.68. The smallest absolute Gasteiger partial charge is 0.120 e. The van der Waals surface area contributed by atoms with E-state index in [2.05, 4.69) is 43.0 Å². The van der Waals surface area contributed by atoms with Crippen LogP contribution in [-0.2, 0) is 0 Å². The van der Waals surface area contributed by atoms with Gasteiger partial charge < -0.3 is 9.64 Å². The Morgan fingerprint density at radius 2 is 1.55 bits per heavy atom. The Bertz CT molecular complexity index is 413. The number of anilines is 1. The Hall–Kier alpha value is -1.18. The van der Waals surface area contributed by atoms with Crippen LogP contribution in [0, 0.1) is 5.92 Å². The van der Waals surface area contributed by atoms with Crippen molar-refractivity contribution < 1.29 is 4.74 Å². The lowest BCUT2D eigenvalue weighted by molar-refractivity contribution is -0.0323. The Morgan fingerprint density at radius 3 is 2.05 bits per heavy atom. The molecular formula is C18H27NO. The largest absolute Gasteiger partial charge is 0.487 e. The molecule has 2 heteroatoms. The van der Waals surface area contributed by atoms with Crippen LogP contribution in [0.25, 0.3) is 0 Å². The van der Waals surface area contributed by atoms with E-state index in [0.29, 0.717) is 0 Å². The first kappa shape index (κ1) is 13.8. The number of hydrogen-bond donors (Lipinski definition) is 0. The van der Waals surface area contributed by atoms with Crippen molar-refractivity contribution in [2.24, 2.45) is 5.92 Å². The predicted molar refractivity (Wildman–Crippen MR) is 84.6 cm³/mol. The monoisotopic (exact) mass is 273 g/mol. The second-order valence-corrected chi connectivity index (χ2v) is 6.43. The number of hydrogen-bond acceptors (Lipinski definition) is 2. The van der Waals surface area contributed by atoms with Gasteiger partial charge in [0.2, 0.25) is 0 Å². The summed E-state index contributed by atoms with van der Waals surface area (Å²) < 4.78 is 6.41. The van der Waals surface area contributed by atoms with E-state index in [0.717, 1.165) is 24.8 Å². The summed E-state index contributed by atoms with van der Waals surface area (Å²) in [4.78, 5) is 2.37. The summed E-state index contributed by atoms with van der Waals surface area (Å²) in [6.45, 7) is 6.52. The number of fused-ring (bicyclic) bond motifs is 3. The first-order valence-corrected chi connectivity index (χ1v) is 8.29. The number of rotatable bonds is 5. The molecule has 0 radical (unpaired) electrons. The van der Waals surface area contributed by atoms with Crippen LogP contribution in [-0.4, -0.2) is 18.7 Å². The second kappa shape index (κ2) is 5.67. The predicted octanol–water partition coefficient (Wildman–Crippen LogP) is 4.63. The maximum absolute atomic E-state index is 6.41. The van der Waals surface area contributed by atoms with Gasteiger partial charge in [-0.05, 0) is 82.6 Å². The van der Waals surface area contributed by atoms with E-state index in [-0.39, 0.29) is 5.60 Å². The molecule has 4 rings (SSSR count). The van der Waals surface area contributed by atoms with E-state index in [1.807, 2.05) is 0 Å². The molecule has 0 aromatic heterocycles. The summed E-state index contributed by atoms with van der Waals surface area (Å²) in [5.41, 5.74) is 1.46. The molecule has 0 atom stereocenters. The van der Waals surface area contributed by atoms with Gasteiger partial charge in [0.15, 0.2) is 0 Å².